The summed E-state index contributed by atoms with van der Waals surface area (Å²) in [5.41, 5.74) is 3.80. The summed E-state index contributed by atoms with van der Waals surface area (Å²) < 4.78 is 24.9. The van der Waals surface area contributed by atoms with Gasteiger partial charge in [0.15, 0.2) is 5.69 Å². The van der Waals surface area contributed by atoms with Crippen LogP contribution in [0.2, 0.25) is 0 Å². The fraction of sp³-hybridized carbons (Fsp3) is 0.286. The molecule has 0 aliphatic rings. The molecule has 0 saturated heterocycles. The monoisotopic (exact) mass is 281 g/mol. The summed E-state index contributed by atoms with van der Waals surface area (Å²) in [6, 6.07) is 1.25. The Labute approximate surface area is 91.6 Å². The fourth-order valence-corrected chi connectivity index (χ4v) is 1.63. The highest BCUT2D eigenvalue weighted by Gasteiger charge is 2.27. The first-order valence-electron chi connectivity index (χ1n) is 3.79. The van der Waals surface area contributed by atoms with Gasteiger partial charge in [-0.05, 0) is 22.0 Å². The Balaban J connectivity index is 3.42. The molecule has 0 saturated carbocycles. The van der Waals surface area contributed by atoms with Crippen molar-refractivity contribution in [2.75, 3.05) is 0 Å². The van der Waals surface area contributed by atoms with Crippen LogP contribution in [0.4, 0.5) is 14.5 Å². The van der Waals surface area contributed by atoms with Gasteiger partial charge < -0.3 is 5.73 Å². The number of pyridine rings is 1. The highest BCUT2D eigenvalue weighted by atomic mass is 79.9. The second-order valence-corrected chi connectivity index (χ2v) is 3.45. The second-order valence-electron chi connectivity index (χ2n) is 2.59. The zero-order valence-electron chi connectivity index (χ0n) is 7.28. The van der Waals surface area contributed by atoms with Gasteiger partial charge in [0.05, 0.1) is 15.1 Å². The molecule has 0 bridgehead atoms. The van der Waals surface area contributed by atoms with Crippen molar-refractivity contribution in [1.29, 1.82) is 0 Å². The molecule has 0 spiro atoms. The van der Waals surface area contributed by atoms with Crippen LogP contribution < -0.4 is 5.73 Å². The van der Waals surface area contributed by atoms with Crippen molar-refractivity contribution >= 4 is 21.6 Å². The predicted octanol–water partition coefficient (Wildman–Crippen LogP) is 2.15. The van der Waals surface area contributed by atoms with Gasteiger partial charge in [-0.1, -0.05) is 0 Å². The van der Waals surface area contributed by atoms with Crippen LogP contribution in [0.1, 0.15) is 17.8 Å². The van der Waals surface area contributed by atoms with Crippen LogP contribution in [0, 0.1) is 10.1 Å². The number of halogens is 3. The van der Waals surface area contributed by atoms with E-state index in [4.69, 9.17) is 5.73 Å². The van der Waals surface area contributed by atoms with E-state index in [1.54, 1.807) is 0 Å². The number of aromatic nitrogens is 1. The van der Waals surface area contributed by atoms with E-state index in [0.29, 0.717) is 0 Å². The number of rotatable bonds is 3. The van der Waals surface area contributed by atoms with E-state index in [-0.39, 0.29) is 16.7 Å². The minimum absolute atomic E-state index is 0.0433. The molecule has 0 amide bonds. The van der Waals surface area contributed by atoms with Gasteiger partial charge in [0.2, 0.25) is 0 Å². The zero-order chi connectivity index (χ0) is 11.6. The summed E-state index contributed by atoms with van der Waals surface area (Å²) in [5, 5.41) is 10.5. The van der Waals surface area contributed by atoms with E-state index in [2.05, 4.69) is 20.9 Å². The summed E-state index contributed by atoms with van der Waals surface area (Å²) >= 11 is 2.84. The van der Waals surface area contributed by atoms with Gasteiger partial charge in [0.1, 0.15) is 0 Å². The lowest BCUT2D eigenvalue weighted by atomic mass is 10.2. The molecule has 15 heavy (non-hydrogen) atoms. The molecule has 1 aromatic rings. The maximum atomic E-state index is 12.5. The fourth-order valence-electron chi connectivity index (χ4n) is 1.01. The molecule has 0 atom stereocenters. The third-order valence-electron chi connectivity index (χ3n) is 1.62. The van der Waals surface area contributed by atoms with Crippen LogP contribution in [0.5, 0.6) is 0 Å². The van der Waals surface area contributed by atoms with Crippen molar-refractivity contribution < 1.29 is 13.7 Å². The molecule has 8 heteroatoms. The van der Waals surface area contributed by atoms with Crippen LogP contribution in [0.15, 0.2) is 10.5 Å². The number of alkyl halides is 2. The Morgan fingerprint density at radius 3 is 2.67 bits per heavy atom. The van der Waals surface area contributed by atoms with E-state index in [9.17, 15) is 18.9 Å². The molecule has 0 aliphatic carbocycles. The van der Waals surface area contributed by atoms with E-state index in [1.807, 2.05) is 0 Å². The Hall–Kier alpha value is -1.15. The van der Waals surface area contributed by atoms with Crippen LogP contribution in [-0.4, -0.2) is 9.91 Å². The highest BCUT2D eigenvalue weighted by molar-refractivity contribution is 9.10. The van der Waals surface area contributed by atoms with Gasteiger partial charge in [-0.2, -0.15) is 0 Å². The Morgan fingerprint density at radius 2 is 2.27 bits per heavy atom. The quantitative estimate of drug-likeness (QED) is 0.680. The van der Waals surface area contributed by atoms with Crippen molar-refractivity contribution in [1.82, 2.24) is 4.98 Å². The number of nitro groups is 1. The summed E-state index contributed by atoms with van der Waals surface area (Å²) in [7, 11) is 0. The number of nitrogens with zero attached hydrogens (tertiary/aromatic N) is 2. The average Bonchev–Trinajstić information content (AvgIpc) is 2.15. The first-order chi connectivity index (χ1) is 6.97. The molecular weight excluding hydrogens is 276 g/mol. The van der Waals surface area contributed by atoms with Crippen molar-refractivity contribution in [3.8, 4) is 0 Å². The summed E-state index contributed by atoms with van der Waals surface area (Å²) in [5.74, 6) is 0. The maximum Gasteiger partial charge on any atom is 0.310 e. The lowest BCUT2D eigenvalue weighted by Gasteiger charge is -2.05. The van der Waals surface area contributed by atoms with Crippen molar-refractivity contribution in [2.45, 2.75) is 13.0 Å². The molecule has 1 aromatic heterocycles. The molecule has 2 N–H and O–H groups in total. The van der Waals surface area contributed by atoms with Crippen LogP contribution in [-0.2, 0) is 6.54 Å². The van der Waals surface area contributed by atoms with Gasteiger partial charge >= 0.3 is 5.69 Å². The highest BCUT2D eigenvalue weighted by Crippen LogP contribution is 2.33. The third kappa shape index (κ3) is 2.45. The van der Waals surface area contributed by atoms with E-state index >= 15 is 0 Å². The minimum atomic E-state index is -3.01. The number of nitrogens with two attached hydrogens (primary N) is 1. The van der Waals surface area contributed by atoms with Crippen LogP contribution in [0.25, 0.3) is 0 Å². The summed E-state index contributed by atoms with van der Waals surface area (Å²) in [6.45, 7) is -0.0592. The lowest BCUT2D eigenvalue weighted by Crippen LogP contribution is -2.06. The normalized spacial score (nSPS) is 10.7. The van der Waals surface area contributed by atoms with Gasteiger partial charge in [0.25, 0.3) is 6.43 Å². The first kappa shape index (κ1) is 11.9. The smallest absolute Gasteiger partial charge is 0.310 e. The molecule has 0 aliphatic heterocycles. The minimum Gasteiger partial charge on any atom is -0.325 e. The van der Waals surface area contributed by atoms with Crippen molar-refractivity contribution in [2.24, 2.45) is 5.73 Å². The molecular formula is C7H6BrF2N3O2. The molecule has 0 unspecified atom stereocenters. The molecule has 0 fully saturated rings. The maximum absolute atomic E-state index is 12.5. The summed E-state index contributed by atoms with van der Waals surface area (Å²) in [4.78, 5) is 13.0. The molecule has 82 valence electrons. The third-order valence-corrected chi connectivity index (χ3v) is 2.23. The zero-order valence-corrected chi connectivity index (χ0v) is 8.87. The number of hydrogen-bond donors (Lipinski definition) is 1. The van der Waals surface area contributed by atoms with Crippen molar-refractivity contribution in [3.05, 3.63) is 32.0 Å². The standard InChI is InChI=1S/C7H6BrF2N3O2/c8-4-1-3(2-11)12-5(7(9)10)6(4)13(14)15/h1,7H,2,11H2. The largest absolute Gasteiger partial charge is 0.325 e. The molecule has 0 aromatic carbocycles. The molecule has 0 radical (unpaired) electrons. The van der Waals surface area contributed by atoms with Gasteiger partial charge in [-0.25, -0.2) is 13.8 Å². The Kier molecular flexibility index (Phi) is 3.64. The molecule has 5 nitrogen and oxygen atoms in total. The van der Waals surface area contributed by atoms with E-state index in [1.165, 1.54) is 6.07 Å². The van der Waals surface area contributed by atoms with Gasteiger partial charge in [0, 0.05) is 6.54 Å². The van der Waals surface area contributed by atoms with E-state index in [0.717, 1.165) is 0 Å². The first-order valence-corrected chi connectivity index (χ1v) is 4.58. The average molecular weight is 282 g/mol. The van der Waals surface area contributed by atoms with Gasteiger partial charge in [-0.15, -0.1) is 0 Å². The SMILES string of the molecule is NCc1cc(Br)c([N+](=O)[O-])c(C(F)F)n1. The lowest BCUT2D eigenvalue weighted by molar-refractivity contribution is -0.387. The Morgan fingerprint density at radius 1 is 1.67 bits per heavy atom. The topological polar surface area (TPSA) is 82.0 Å². The van der Waals surface area contributed by atoms with E-state index < -0.39 is 22.7 Å². The summed E-state index contributed by atoms with van der Waals surface area (Å²) in [6.07, 6.45) is -3.01. The van der Waals surface area contributed by atoms with Crippen LogP contribution in [0.3, 0.4) is 0 Å². The second kappa shape index (κ2) is 4.58. The van der Waals surface area contributed by atoms with Crippen molar-refractivity contribution in [3.63, 3.8) is 0 Å². The molecule has 1 rings (SSSR count). The van der Waals surface area contributed by atoms with Gasteiger partial charge in [-0.3, -0.25) is 10.1 Å². The Bertz CT molecular complexity index is 400. The van der Waals surface area contributed by atoms with Crippen LogP contribution >= 0.6 is 15.9 Å². The molecule has 1 heterocycles. The number of hydrogen-bond acceptors (Lipinski definition) is 4. The predicted molar refractivity (Wildman–Crippen MR) is 51.4 cm³/mol.